The van der Waals surface area contributed by atoms with Gasteiger partial charge in [0.1, 0.15) is 29.8 Å². The average Bonchev–Trinajstić information content (AvgIpc) is 3.90. The van der Waals surface area contributed by atoms with E-state index >= 15 is 0 Å². The van der Waals surface area contributed by atoms with Crippen LogP contribution < -0.4 is 14.5 Å². The van der Waals surface area contributed by atoms with Crippen LogP contribution in [0.2, 0.25) is 0 Å². The maximum atomic E-state index is 14.4. The monoisotopic (exact) mass is 888 g/mol. The Morgan fingerprint density at radius 2 is 1.10 bits per heavy atom. The van der Waals surface area contributed by atoms with Crippen molar-refractivity contribution in [2.24, 2.45) is 0 Å². The molecule has 0 fully saturated rings. The summed E-state index contributed by atoms with van der Waals surface area (Å²) >= 11 is 0. The number of anilines is 4. The molecule has 6 heteroatoms. The van der Waals surface area contributed by atoms with E-state index in [-0.39, 0.29) is 16.6 Å². The summed E-state index contributed by atoms with van der Waals surface area (Å²) in [7, 11) is 0. The van der Waals surface area contributed by atoms with E-state index < -0.39 is 0 Å². The predicted octanol–water partition coefficient (Wildman–Crippen LogP) is 17.0. The lowest BCUT2D eigenvalue weighted by Gasteiger charge is -2.27. The van der Waals surface area contributed by atoms with Crippen molar-refractivity contribution in [1.29, 1.82) is 0 Å². The number of para-hydroxylation sites is 4. The van der Waals surface area contributed by atoms with Gasteiger partial charge in [0, 0.05) is 45.9 Å². The molecule has 0 bridgehead atoms. The Kier molecular flexibility index (Phi) is 10.5. The standard InChI is InChI=1S/C62H53FN4O/c1-61(2,3)45-27-23-41(24-28-45)44-35-48(38-50(36-44)68-49-31-32-54-53-17-10-11-20-55(53)67(58(54)39-49)59-37-46(33-34-64-59)62(4,5)6)65-40-66(57-22-13-12-21-56(57)65)60-51(42-15-8-7-9-16-42)18-14-19-52(60)43-25-29-47(63)30-26-43/h7-39H,40H2,1-6H3. The summed E-state index contributed by atoms with van der Waals surface area (Å²) in [6, 6.07) is 67.1. The Balaban J connectivity index is 1.05. The molecular weight excluding hydrogens is 836 g/mol. The van der Waals surface area contributed by atoms with Gasteiger partial charge in [0.05, 0.1) is 28.1 Å². The molecule has 334 valence electrons. The van der Waals surface area contributed by atoms with Gasteiger partial charge < -0.3 is 14.5 Å². The maximum absolute atomic E-state index is 14.4. The minimum atomic E-state index is -0.261. The number of nitrogens with zero attached hydrogens (tertiary/aromatic N) is 4. The first-order valence-corrected chi connectivity index (χ1v) is 23.4. The third kappa shape index (κ3) is 7.86. The van der Waals surface area contributed by atoms with Crippen LogP contribution in [0.15, 0.2) is 200 Å². The van der Waals surface area contributed by atoms with Crippen molar-refractivity contribution in [2.45, 2.75) is 52.4 Å². The molecule has 0 radical (unpaired) electrons. The van der Waals surface area contributed by atoms with E-state index in [1.165, 1.54) is 11.1 Å². The highest BCUT2D eigenvalue weighted by Crippen LogP contribution is 2.51. The number of benzene rings is 8. The van der Waals surface area contributed by atoms with Crippen LogP contribution >= 0.6 is 0 Å². The number of rotatable bonds is 8. The smallest absolute Gasteiger partial charge is 0.137 e. The first kappa shape index (κ1) is 42.7. The van der Waals surface area contributed by atoms with Gasteiger partial charge in [-0.3, -0.25) is 4.57 Å². The van der Waals surface area contributed by atoms with Crippen molar-refractivity contribution in [3.05, 3.63) is 217 Å². The first-order chi connectivity index (χ1) is 32.9. The average molecular weight is 889 g/mol. The Bertz CT molecular complexity index is 3490. The Labute approximate surface area is 398 Å². The van der Waals surface area contributed by atoms with Crippen LogP contribution in [-0.4, -0.2) is 16.2 Å². The van der Waals surface area contributed by atoms with Crippen molar-refractivity contribution >= 4 is 44.6 Å². The van der Waals surface area contributed by atoms with Gasteiger partial charge in [-0.1, -0.05) is 157 Å². The molecule has 0 amide bonds. The van der Waals surface area contributed by atoms with Gasteiger partial charge in [0.25, 0.3) is 0 Å². The van der Waals surface area contributed by atoms with Crippen LogP contribution in [-0.2, 0) is 10.8 Å². The molecule has 0 N–H and O–H groups in total. The zero-order chi connectivity index (χ0) is 46.7. The van der Waals surface area contributed by atoms with Crippen LogP contribution in [0, 0.1) is 5.82 Å². The second-order valence-corrected chi connectivity index (χ2v) is 19.9. The molecule has 0 atom stereocenters. The normalized spacial score (nSPS) is 12.8. The van der Waals surface area contributed by atoms with Crippen molar-refractivity contribution in [1.82, 2.24) is 9.55 Å². The molecule has 10 aromatic rings. The second-order valence-electron chi connectivity index (χ2n) is 19.9. The highest BCUT2D eigenvalue weighted by atomic mass is 19.1. The van der Waals surface area contributed by atoms with Gasteiger partial charge in [-0.05, 0) is 111 Å². The summed E-state index contributed by atoms with van der Waals surface area (Å²) in [5, 5.41) is 2.29. The molecule has 0 saturated heterocycles. The zero-order valence-electron chi connectivity index (χ0n) is 39.3. The van der Waals surface area contributed by atoms with Crippen LogP contribution in [0.5, 0.6) is 11.5 Å². The summed E-state index contributed by atoms with van der Waals surface area (Å²) < 4.78 is 23.7. The van der Waals surface area contributed by atoms with Gasteiger partial charge in [-0.25, -0.2) is 9.37 Å². The fourth-order valence-corrected chi connectivity index (χ4v) is 9.71. The molecule has 1 aliphatic rings. The fourth-order valence-electron chi connectivity index (χ4n) is 9.71. The molecule has 2 aromatic heterocycles. The largest absolute Gasteiger partial charge is 0.457 e. The van der Waals surface area contributed by atoms with Gasteiger partial charge in [-0.2, -0.15) is 0 Å². The highest BCUT2D eigenvalue weighted by Gasteiger charge is 2.32. The predicted molar refractivity (Wildman–Crippen MR) is 281 cm³/mol. The molecule has 0 saturated carbocycles. The molecular formula is C62H53FN4O. The lowest BCUT2D eigenvalue weighted by atomic mass is 9.86. The summed E-state index contributed by atoms with van der Waals surface area (Å²) in [6.45, 7) is 14.0. The van der Waals surface area contributed by atoms with Gasteiger partial charge in [0.2, 0.25) is 0 Å². The third-order valence-corrected chi connectivity index (χ3v) is 13.3. The minimum Gasteiger partial charge on any atom is -0.457 e. The van der Waals surface area contributed by atoms with Crippen molar-refractivity contribution in [3.8, 4) is 50.7 Å². The second kappa shape index (κ2) is 16.7. The van der Waals surface area contributed by atoms with E-state index in [4.69, 9.17) is 9.72 Å². The van der Waals surface area contributed by atoms with Gasteiger partial charge >= 0.3 is 0 Å². The van der Waals surface area contributed by atoms with Crippen LogP contribution in [0.4, 0.5) is 27.1 Å². The summed E-state index contributed by atoms with van der Waals surface area (Å²) in [5.41, 5.74) is 15.1. The maximum Gasteiger partial charge on any atom is 0.137 e. The first-order valence-electron chi connectivity index (χ1n) is 23.4. The van der Waals surface area contributed by atoms with E-state index in [0.717, 1.165) is 95.3 Å². The fraction of sp³-hybridized carbons (Fsp3) is 0.145. The van der Waals surface area contributed by atoms with E-state index in [1.807, 2.05) is 24.4 Å². The Hall–Kier alpha value is -7.96. The third-order valence-electron chi connectivity index (χ3n) is 13.3. The number of aromatic nitrogens is 2. The number of ether oxygens (including phenoxy) is 1. The van der Waals surface area contributed by atoms with Crippen LogP contribution in [0.25, 0.3) is 61.0 Å². The SMILES string of the molecule is CC(C)(C)c1ccc(-c2cc(Oc3ccc4c5ccccc5n(-c5cc(C(C)(C)C)ccn5)c4c3)cc(N3CN(c4c(-c5ccccc5)cccc4-c4ccc(F)cc4)c4ccccc43)c2)cc1. The molecule has 3 heterocycles. The van der Waals surface area contributed by atoms with Gasteiger partial charge in [0.15, 0.2) is 0 Å². The summed E-state index contributed by atoms with van der Waals surface area (Å²) in [6.07, 6.45) is 1.92. The Morgan fingerprint density at radius 3 is 1.82 bits per heavy atom. The molecule has 68 heavy (non-hydrogen) atoms. The lowest BCUT2D eigenvalue weighted by Crippen LogP contribution is -2.25. The number of pyridine rings is 1. The number of halogens is 1. The number of hydrogen-bond acceptors (Lipinski definition) is 4. The Morgan fingerprint density at radius 1 is 0.471 bits per heavy atom. The number of fused-ring (bicyclic) bond motifs is 4. The molecule has 0 aliphatic carbocycles. The van der Waals surface area contributed by atoms with Crippen molar-refractivity contribution in [3.63, 3.8) is 0 Å². The number of hydrogen-bond donors (Lipinski definition) is 0. The molecule has 1 aliphatic heterocycles. The quantitative estimate of drug-likeness (QED) is 0.152. The zero-order valence-corrected chi connectivity index (χ0v) is 39.3. The molecule has 11 rings (SSSR count). The van der Waals surface area contributed by atoms with Crippen LogP contribution in [0.3, 0.4) is 0 Å². The molecule has 8 aromatic carbocycles. The van der Waals surface area contributed by atoms with E-state index in [9.17, 15) is 4.39 Å². The molecule has 0 unspecified atom stereocenters. The summed E-state index contributed by atoms with van der Waals surface area (Å²) in [4.78, 5) is 9.70. The molecule has 0 spiro atoms. The topological polar surface area (TPSA) is 33.5 Å². The molecule has 5 nitrogen and oxygen atoms in total. The van der Waals surface area contributed by atoms with Crippen molar-refractivity contribution in [2.75, 3.05) is 16.5 Å². The lowest BCUT2D eigenvalue weighted by molar-refractivity contribution is 0.483. The van der Waals surface area contributed by atoms with E-state index in [0.29, 0.717) is 6.67 Å². The van der Waals surface area contributed by atoms with Crippen molar-refractivity contribution < 1.29 is 9.13 Å². The summed E-state index contributed by atoms with van der Waals surface area (Å²) in [5.74, 6) is 2.06. The highest BCUT2D eigenvalue weighted by molar-refractivity contribution is 6.09. The van der Waals surface area contributed by atoms with Gasteiger partial charge in [-0.15, -0.1) is 0 Å². The minimum absolute atomic E-state index is 0.0187. The van der Waals surface area contributed by atoms with E-state index in [2.05, 4.69) is 220 Å². The van der Waals surface area contributed by atoms with Crippen LogP contribution in [0.1, 0.15) is 52.7 Å². The van der Waals surface area contributed by atoms with E-state index in [1.54, 1.807) is 12.1 Å².